The summed E-state index contributed by atoms with van der Waals surface area (Å²) in [5.74, 6) is 0. The molecule has 2 nitrogen and oxygen atoms in total. The molecule has 0 spiro atoms. The van der Waals surface area contributed by atoms with Crippen LogP contribution >= 0.6 is 0 Å². The lowest BCUT2D eigenvalue weighted by molar-refractivity contribution is 1.25. The molecule has 0 heterocycles. The molecule has 0 aliphatic heterocycles. The molecule has 0 saturated carbocycles. The lowest BCUT2D eigenvalue weighted by Crippen LogP contribution is -2.06. The first-order valence-electron chi connectivity index (χ1n) is 10.8. The van der Waals surface area contributed by atoms with Gasteiger partial charge in [0.1, 0.15) is 0 Å². The third-order valence-corrected chi connectivity index (χ3v) is 8.22. The Morgan fingerprint density at radius 2 is 0.467 bits per heavy atom. The van der Waals surface area contributed by atoms with Gasteiger partial charge in [0.25, 0.3) is 0 Å². The van der Waals surface area contributed by atoms with Crippen LogP contribution in [-0.4, -0.2) is 0 Å². The second-order valence-corrected chi connectivity index (χ2v) is 9.33. The number of aryl methyl sites for hydroxylation is 6. The number of benzene rings is 4. The highest BCUT2D eigenvalue weighted by Crippen LogP contribution is 2.48. The SMILES string of the molecule is Cc1c(C)c(C)c2c(c1C)c(N)c(C)c1c3c(C)c(C)c(C)c(C)c3c(N)c(C)c21. The van der Waals surface area contributed by atoms with E-state index in [9.17, 15) is 0 Å². The van der Waals surface area contributed by atoms with E-state index < -0.39 is 0 Å². The first kappa shape index (κ1) is 20.5. The Morgan fingerprint density at radius 1 is 0.267 bits per heavy atom. The fourth-order valence-corrected chi connectivity index (χ4v) is 5.57. The Labute approximate surface area is 180 Å². The first-order chi connectivity index (χ1) is 13.9. The largest absolute Gasteiger partial charge is 0.398 e. The zero-order chi connectivity index (χ0) is 22.4. The van der Waals surface area contributed by atoms with Gasteiger partial charge in [0.05, 0.1) is 0 Å². The molecule has 0 unspecified atom stereocenters. The minimum absolute atomic E-state index is 0.905. The average Bonchev–Trinajstić information content (AvgIpc) is 2.71. The second-order valence-electron chi connectivity index (χ2n) is 9.33. The summed E-state index contributed by atoms with van der Waals surface area (Å²) in [6.45, 7) is 22.1. The summed E-state index contributed by atoms with van der Waals surface area (Å²) in [6, 6.07) is 0. The van der Waals surface area contributed by atoms with Gasteiger partial charge in [0.15, 0.2) is 0 Å². The van der Waals surface area contributed by atoms with Crippen LogP contribution in [0.1, 0.15) is 55.6 Å². The maximum Gasteiger partial charge on any atom is 0.0433 e. The quantitative estimate of drug-likeness (QED) is 0.239. The molecule has 0 aromatic heterocycles. The molecule has 30 heavy (non-hydrogen) atoms. The van der Waals surface area contributed by atoms with Crippen molar-refractivity contribution < 1.29 is 0 Å². The van der Waals surface area contributed by atoms with Crippen molar-refractivity contribution in [2.45, 2.75) is 69.2 Å². The molecule has 0 radical (unpaired) electrons. The average molecular weight is 399 g/mol. The van der Waals surface area contributed by atoms with Crippen LogP contribution in [0.4, 0.5) is 11.4 Å². The number of anilines is 2. The van der Waals surface area contributed by atoms with Crippen LogP contribution in [0, 0.1) is 69.2 Å². The van der Waals surface area contributed by atoms with Crippen LogP contribution in [0.25, 0.3) is 32.3 Å². The second kappa shape index (κ2) is 6.38. The van der Waals surface area contributed by atoms with E-state index in [4.69, 9.17) is 11.5 Å². The highest BCUT2D eigenvalue weighted by Gasteiger charge is 2.24. The summed E-state index contributed by atoms with van der Waals surface area (Å²) in [5, 5.41) is 7.48. The van der Waals surface area contributed by atoms with Crippen molar-refractivity contribution in [3.8, 4) is 0 Å². The normalized spacial score (nSPS) is 11.9. The van der Waals surface area contributed by atoms with Crippen LogP contribution in [0.3, 0.4) is 0 Å². The van der Waals surface area contributed by atoms with Crippen molar-refractivity contribution >= 4 is 43.7 Å². The summed E-state index contributed by atoms with van der Waals surface area (Å²) < 4.78 is 0. The molecular formula is C28H34N2. The van der Waals surface area contributed by atoms with Crippen LogP contribution in [0.5, 0.6) is 0 Å². The molecule has 0 amide bonds. The van der Waals surface area contributed by atoms with Gasteiger partial charge in [-0.1, -0.05) is 0 Å². The van der Waals surface area contributed by atoms with Gasteiger partial charge >= 0.3 is 0 Å². The smallest absolute Gasteiger partial charge is 0.0433 e. The van der Waals surface area contributed by atoms with E-state index in [1.165, 1.54) is 88.0 Å². The number of hydrogen-bond acceptors (Lipinski definition) is 2. The molecule has 4 rings (SSSR count). The van der Waals surface area contributed by atoms with Crippen molar-refractivity contribution in [2.24, 2.45) is 0 Å². The monoisotopic (exact) mass is 398 g/mol. The van der Waals surface area contributed by atoms with Crippen LogP contribution in [-0.2, 0) is 0 Å². The van der Waals surface area contributed by atoms with Crippen LogP contribution in [0.2, 0.25) is 0 Å². The van der Waals surface area contributed by atoms with Gasteiger partial charge in [-0.15, -0.1) is 0 Å². The van der Waals surface area contributed by atoms with E-state index in [-0.39, 0.29) is 0 Å². The van der Waals surface area contributed by atoms with E-state index in [1.807, 2.05) is 0 Å². The van der Waals surface area contributed by atoms with Gasteiger partial charge in [0, 0.05) is 22.1 Å². The lowest BCUT2D eigenvalue weighted by atomic mass is 9.80. The maximum atomic E-state index is 6.88. The predicted octanol–water partition coefficient (Wildman–Crippen LogP) is 7.39. The van der Waals surface area contributed by atoms with E-state index in [2.05, 4.69) is 69.2 Å². The number of fused-ring (bicyclic) bond motifs is 5. The highest BCUT2D eigenvalue weighted by atomic mass is 14.6. The molecule has 0 bridgehead atoms. The lowest BCUT2D eigenvalue weighted by Gasteiger charge is -2.25. The number of nitrogen functional groups attached to an aromatic ring is 2. The summed E-state index contributed by atoms with van der Waals surface area (Å²) in [6.07, 6.45) is 0. The summed E-state index contributed by atoms with van der Waals surface area (Å²) >= 11 is 0. The van der Waals surface area contributed by atoms with E-state index in [1.54, 1.807) is 0 Å². The number of hydrogen-bond donors (Lipinski definition) is 2. The molecule has 0 atom stereocenters. The van der Waals surface area contributed by atoms with Crippen molar-refractivity contribution in [3.63, 3.8) is 0 Å². The molecule has 4 N–H and O–H groups in total. The number of rotatable bonds is 0. The molecule has 0 saturated heterocycles. The van der Waals surface area contributed by atoms with Crippen molar-refractivity contribution in [3.05, 3.63) is 55.6 Å². The third kappa shape index (κ3) is 2.25. The molecule has 0 fully saturated rings. The Balaban J connectivity index is 2.56. The minimum atomic E-state index is 0.905. The molecule has 156 valence electrons. The summed E-state index contributed by atoms with van der Waals surface area (Å²) in [5.41, 5.74) is 28.4. The van der Waals surface area contributed by atoms with Gasteiger partial charge in [-0.2, -0.15) is 0 Å². The van der Waals surface area contributed by atoms with Gasteiger partial charge in [-0.25, -0.2) is 0 Å². The molecule has 0 aliphatic carbocycles. The summed E-state index contributed by atoms with van der Waals surface area (Å²) in [7, 11) is 0. The van der Waals surface area contributed by atoms with Crippen molar-refractivity contribution in [1.29, 1.82) is 0 Å². The standard InChI is InChI=1S/C28H34N2/c1-11-13(3)17(7)25-21(15(11)5)23-19(9)28(30)26-18(8)14(4)12(2)16(6)22(26)24(23)20(10)27(25)29/h29-30H2,1-10H3. The highest BCUT2D eigenvalue weighted by molar-refractivity contribution is 6.28. The maximum absolute atomic E-state index is 6.88. The molecule has 4 aromatic carbocycles. The van der Waals surface area contributed by atoms with Gasteiger partial charge in [0.2, 0.25) is 0 Å². The van der Waals surface area contributed by atoms with E-state index in [0.29, 0.717) is 0 Å². The van der Waals surface area contributed by atoms with Crippen LogP contribution in [0.15, 0.2) is 0 Å². The zero-order valence-corrected chi connectivity index (χ0v) is 20.2. The van der Waals surface area contributed by atoms with Crippen LogP contribution < -0.4 is 11.5 Å². The molecular weight excluding hydrogens is 364 g/mol. The Kier molecular flexibility index (Phi) is 4.36. The first-order valence-corrected chi connectivity index (χ1v) is 10.8. The van der Waals surface area contributed by atoms with E-state index in [0.717, 1.165) is 11.4 Å². The zero-order valence-electron chi connectivity index (χ0n) is 20.2. The van der Waals surface area contributed by atoms with Crippen molar-refractivity contribution in [2.75, 3.05) is 11.5 Å². The Morgan fingerprint density at radius 3 is 0.733 bits per heavy atom. The minimum Gasteiger partial charge on any atom is -0.398 e. The summed E-state index contributed by atoms with van der Waals surface area (Å²) in [4.78, 5) is 0. The number of nitrogens with two attached hydrogens (primary N) is 2. The molecule has 4 aromatic rings. The van der Waals surface area contributed by atoms with Crippen molar-refractivity contribution in [1.82, 2.24) is 0 Å². The third-order valence-electron chi connectivity index (χ3n) is 8.22. The fraction of sp³-hybridized carbons (Fsp3) is 0.357. The topological polar surface area (TPSA) is 52.0 Å². The van der Waals surface area contributed by atoms with Gasteiger partial charge in [-0.3, -0.25) is 0 Å². The Bertz CT molecular complexity index is 1330. The van der Waals surface area contributed by atoms with Gasteiger partial charge in [-0.05, 0) is 146 Å². The van der Waals surface area contributed by atoms with Gasteiger partial charge < -0.3 is 11.5 Å². The molecule has 0 aliphatic rings. The predicted molar refractivity (Wildman–Crippen MR) is 135 cm³/mol. The van der Waals surface area contributed by atoms with E-state index >= 15 is 0 Å². The Hall–Kier alpha value is -2.74. The fourth-order valence-electron chi connectivity index (χ4n) is 5.57. The molecule has 2 heteroatoms.